The van der Waals surface area contributed by atoms with E-state index >= 15 is 0 Å². The second-order valence-corrected chi connectivity index (χ2v) is 6.16. The zero-order valence-electron chi connectivity index (χ0n) is 13.8. The van der Waals surface area contributed by atoms with E-state index in [0.717, 1.165) is 31.5 Å². The Morgan fingerprint density at radius 1 is 1.29 bits per heavy atom. The highest BCUT2D eigenvalue weighted by atomic mass is 19.3. The van der Waals surface area contributed by atoms with Crippen molar-refractivity contribution in [1.82, 2.24) is 10.6 Å². The quantitative estimate of drug-likeness (QED) is 0.758. The Balaban J connectivity index is 1.83. The van der Waals surface area contributed by atoms with E-state index in [-0.39, 0.29) is 23.5 Å². The number of methoxy groups -OCH3 is 1. The number of hydrogen-bond acceptors (Lipinski definition) is 4. The van der Waals surface area contributed by atoms with E-state index in [0.29, 0.717) is 13.2 Å². The molecule has 1 aromatic carbocycles. The zero-order chi connectivity index (χ0) is 17.4. The lowest BCUT2D eigenvalue weighted by Gasteiger charge is -2.37. The number of benzene rings is 1. The highest BCUT2D eigenvalue weighted by molar-refractivity contribution is 5.78. The Labute approximate surface area is 140 Å². The fraction of sp³-hybridized carbons (Fsp3) is 0.588. The predicted octanol–water partition coefficient (Wildman–Crippen LogP) is 1.96. The maximum atomic E-state index is 12.1. The van der Waals surface area contributed by atoms with Crippen LogP contribution in [0.1, 0.15) is 18.4 Å². The number of halogens is 2. The monoisotopic (exact) mass is 342 g/mol. The molecule has 0 aliphatic carbocycles. The Bertz CT molecular complexity index is 512. The minimum atomic E-state index is -2.85. The van der Waals surface area contributed by atoms with Crippen LogP contribution in [0.4, 0.5) is 8.78 Å². The number of piperidine rings is 1. The van der Waals surface area contributed by atoms with E-state index in [2.05, 4.69) is 15.4 Å². The van der Waals surface area contributed by atoms with Gasteiger partial charge in [0.05, 0.1) is 13.0 Å². The number of nitrogens with one attached hydrogen (secondary N) is 2. The molecule has 0 aromatic heterocycles. The van der Waals surface area contributed by atoms with Gasteiger partial charge in [-0.05, 0) is 43.6 Å². The third kappa shape index (κ3) is 5.72. The molecule has 1 heterocycles. The highest BCUT2D eigenvalue weighted by Gasteiger charge is 2.32. The van der Waals surface area contributed by atoms with Crippen LogP contribution >= 0.6 is 0 Å². The average Bonchev–Trinajstić information content (AvgIpc) is 2.56. The molecule has 0 saturated carbocycles. The van der Waals surface area contributed by atoms with Crippen LogP contribution in [0.2, 0.25) is 0 Å². The molecule has 1 saturated heterocycles. The molecule has 0 unspecified atom stereocenters. The predicted molar refractivity (Wildman–Crippen MR) is 86.2 cm³/mol. The van der Waals surface area contributed by atoms with Crippen molar-refractivity contribution in [2.45, 2.75) is 25.9 Å². The molecule has 1 amide bonds. The van der Waals surface area contributed by atoms with Crippen molar-refractivity contribution < 1.29 is 23.0 Å². The van der Waals surface area contributed by atoms with Gasteiger partial charge in [-0.1, -0.05) is 12.1 Å². The molecule has 24 heavy (non-hydrogen) atoms. The molecular formula is C17H24F2N2O3. The summed E-state index contributed by atoms with van der Waals surface area (Å²) in [7, 11) is 1.68. The summed E-state index contributed by atoms with van der Waals surface area (Å²) in [4.78, 5) is 12.1. The SMILES string of the molecule is COCC1(CNC(=O)Cc2ccc(OC(F)F)cc2)CCNCC1. The van der Waals surface area contributed by atoms with E-state index in [4.69, 9.17) is 4.74 Å². The lowest BCUT2D eigenvalue weighted by molar-refractivity contribution is -0.121. The highest BCUT2D eigenvalue weighted by Crippen LogP contribution is 2.28. The summed E-state index contributed by atoms with van der Waals surface area (Å²) in [5, 5.41) is 6.29. The third-order valence-electron chi connectivity index (χ3n) is 4.29. The fourth-order valence-electron chi connectivity index (χ4n) is 2.96. The standard InChI is InChI=1S/C17H24F2N2O3/c1-23-12-17(6-8-20-9-7-17)11-21-15(22)10-13-2-4-14(5-3-13)24-16(18)19/h2-5,16,20H,6-12H2,1H3,(H,21,22). The van der Waals surface area contributed by atoms with E-state index < -0.39 is 6.61 Å². The molecule has 0 bridgehead atoms. The molecule has 7 heteroatoms. The van der Waals surface area contributed by atoms with Crippen LogP contribution in [0.25, 0.3) is 0 Å². The number of ether oxygens (including phenoxy) is 2. The van der Waals surface area contributed by atoms with Gasteiger partial charge in [-0.3, -0.25) is 4.79 Å². The van der Waals surface area contributed by atoms with E-state index in [1.807, 2.05) is 0 Å². The first-order valence-electron chi connectivity index (χ1n) is 8.03. The Hall–Kier alpha value is -1.73. The van der Waals surface area contributed by atoms with E-state index in [1.165, 1.54) is 12.1 Å². The molecule has 0 spiro atoms. The van der Waals surface area contributed by atoms with Crippen LogP contribution in [0.15, 0.2) is 24.3 Å². The summed E-state index contributed by atoms with van der Waals surface area (Å²) in [5.41, 5.74) is 0.727. The minimum Gasteiger partial charge on any atom is -0.435 e. The van der Waals surface area contributed by atoms with Crippen molar-refractivity contribution >= 4 is 5.91 Å². The molecule has 134 valence electrons. The lowest BCUT2D eigenvalue weighted by Crippen LogP contribution is -2.47. The molecule has 5 nitrogen and oxygen atoms in total. The first kappa shape index (κ1) is 18.6. The van der Waals surface area contributed by atoms with Gasteiger partial charge >= 0.3 is 6.61 Å². The van der Waals surface area contributed by atoms with Gasteiger partial charge in [-0.25, -0.2) is 0 Å². The molecule has 1 aliphatic rings. The summed E-state index contributed by atoms with van der Waals surface area (Å²) < 4.78 is 33.8. The summed E-state index contributed by atoms with van der Waals surface area (Å²) >= 11 is 0. The van der Waals surface area contributed by atoms with Gasteiger partial charge < -0.3 is 20.1 Å². The molecule has 0 radical (unpaired) electrons. The normalized spacial score (nSPS) is 16.8. The Morgan fingerprint density at radius 2 is 1.96 bits per heavy atom. The largest absolute Gasteiger partial charge is 0.435 e. The smallest absolute Gasteiger partial charge is 0.387 e. The Kier molecular flexibility index (Phi) is 6.93. The van der Waals surface area contributed by atoms with Crippen LogP contribution in [0, 0.1) is 5.41 Å². The average molecular weight is 342 g/mol. The van der Waals surface area contributed by atoms with Crippen molar-refractivity contribution in [2.75, 3.05) is 33.4 Å². The van der Waals surface area contributed by atoms with Crippen molar-refractivity contribution in [2.24, 2.45) is 5.41 Å². The zero-order valence-corrected chi connectivity index (χ0v) is 13.8. The Morgan fingerprint density at radius 3 is 2.54 bits per heavy atom. The van der Waals surface area contributed by atoms with Gasteiger partial charge in [0.25, 0.3) is 0 Å². The molecule has 1 aromatic rings. The minimum absolute atomic E-state index is 0.0232. The van der Waals surface area contributed by atoms with Crippen molar-refractivity contribution in [3.05, 3.63) is 29.8 Å². The molecule has 0 atom stereocenters. The van der Waals surface area contributed by atoms with Gasteiger partial charge in [0, 0.05) is 19.1 Å². The van der Waals surface area contributed by atoms with Gasteiger partial charge in [-0.15, -0.1) is 0 Å². The second kappa shape index (κ2) is 8.94. The van der Waals surface area contributed by atoms with Gasteiger partial charge in [0.15, 0.2) is 0 Å². The van der Waals surface area contributed by atoms with Gasteiger partial charge in [0.1, 0.15) is 5.75 Å². The van der Waals surface area contributed by atoms with Crippen LogP contribution in [0.3, 0.4) is 0 Å². The lowest BCUT2D eigenvalue weighted by atomic mass is 9.79. The summed E-state index contributed by atoms with van der Waals surface area (Å²) in [6, 6.07) is 6.11. The number of hydrogen-bond donors (Lipinski definition) is 2. The van der Waals surface area contributed by atoms with Crippen LogP contribution < -0.4 is 15.4 Å². The number of rotatable bonds is 8. The van der Waals surface area contributed by atoms with Crippen LogP contribution in [-0.2, 0) is 16.0 Å². The topological polar surface area (TPSA) is 59.6 Å². The van der Waals surface area contributed by atoms with Crippen LogP contribution in [-0.4, -0.2) is 45.9 Å². The maximum absolute atomic E-state index is 12.1. The molecular weight excluding hydrogens is 318 g/mol. The first-order valence-corrected chi connectivity index (χ1v) is 8.03. The molecule has 2 rings (SSSR count). The maximum Gasteiger partial charge on any atom is 0.387 e. The summed E-state index contributed by atoms with van der Waals surface area (Å²) in [6.45, 7) is 0.194. The van der Waals surface area contributed by atoms with Crippen LogP contribution in [0.5, 0.6) is 5.75 Å². The van der Waals surface area contributed by atoms with Gasteiger partial charge in [0.2, 0.25) is 5.91 Å². The number of carbonyl (C=O) groups is 1. The fourth-order valence-corrected chi connectivity index (χ4v) is 2.96. The summed E-state index contributed by atoms with van der Waals surface area (Å²) in [6.07, 6.45) is 2.12. The number of amides is 1. The molecule has 1 fully saturated rings. The third-order valence-corrected chi connectivity index (χ3v) is 4.29. The first-order chi connectivity index (χ1) is 11.5. The number of alkyl halides is 2. The molecule has 1 aliphatic heterocycles. The van der Waals surface area contributed by atoms with E-state index in [1.54, 1.807) is 19.2 Å². The van der Waals surface area contributed by atoms with Crippen molar-refractivity contribution in [3.63, 3.8) is 0 Å². The second-order valence-electron chi connectivity index (χ2n) is 6.16. The van der Waals surface area contributed by atoms with E-state index in [9.17, 15) is 13.6 Å². The van der Waals surface area contributed by atoms with Crippen molar-refractivity contribution in [1.29, 1.82) is 0 Å². The van der Waals surface area contributed by atoms with Gasteiger partial charge in [-0.2, -0.15) is 8.78 Å². The molecule has 2 N–H and O–H groups in total. The summed E-state index contributed by atoms with van der Waals surface area (Å²) in [5.74, 6) is -0.00514. The number of carbonyl (C=O) groups excluding carboxylic acids is 1. The van der Waals surface area contributed by atoms with Crippen molar-refractivity contribution in [3.8, 4) is 5.75 Å².